The normalized spacial score (nSPS) is 11.7. The summed E-state index contributed by atoms with van der Waals surface area (Å²) in [6.07, 6.45) is 1.01. The molecule has 1 N–H and O–H groups in total. The SMILES string of the molecule is CCOc1ccc(OC(C)C(=O)Nc2cccc(-c3ccc4nnc(-c5ccccn5)n4n3)c2)cc1. The van der Waals surface area contributed by atoms with Gasteiger partial charge in [-0.05, 0) is 74.5 Å². The van der Waals surface area contributed by atoms with Crippen molar-refractivity contribution in [3.8, 4) is 34.3 Å². The minimum atomic E-state index is -0.695. The molecule has 0 aliphatic heterocycles. The van der Waals surface area contributed by atoms with Crippen LogP contribution in [0, 0.1) is 0 Å². The molecule has 1 amide bonds. The summed E-state index contributed by atoms with van der Waals surface area (Å²) in [7, 11) is 0. The number of rotatable bonds is 8. The molecule has 0 saturated carbocycles. The van der Waals surface area contributed by atoms with E-state index in [0.29, 0.717) is 40.9 Å². The first-order valence-corrected chi connectivity index (χ1v) is 11.6. The number of carbonyl (C=O) groups is 1. The predicted molar refractivity (Wildman–Crippen MR) is 136 cm³/mol. The fraction of sp³-hybridized carbons (Fsp3) is 0.148. The average Bonchev–Trinajstić information content (AvgIpc) is 3.34. The Hall–Kier alpha value is -4.79. The minimum Gasteiger partial charge on any atom is -0.494 e. The van der Waals surface area contributed by atoms with Crippen molar-refractivity contribution in [2.45, 2.75) is 20.0 Å². The molecular formula is C27H24N6O3. The van der Waals surface area contributed by atoms with Crippen LogP contribution in [0.3, 0.4) is 0 Å². The molecule has 0 aliphatic carbocycles. The van der Waals surface area contributed by atoms with E-state index >= 15 is 0 Å². The number of nitrogens with one attached hydrogen (secondary N) is 1. The van der Waals surface area contributed by atoms with Crippen molar-refractivity contribution in [2.75, 3.05) is 11.9 Å². The summed E-state index contributed by atoms with van der Waals surface area (Å²) in [4.78, 5) is 17.1. The molecule has 9 heteroatoms. The number of nitrogens with zero attached hydrogens (tertiary/aromatic N) is 5. The van der Waals surface area contributed by atoms with Gasteiger partial charge in [0.25, 0.3) is 5.91 Å². The molecule has 36 heavy (non-hydrogen) atoms. The molecule has 9 nitrogen and oxygen atoms in total. The Morgan fingerprint density at radius 1 is 0.944 bits per heavy atom. The highest BCUT2D eigenvalue weighted by atomic mass is 16.5. The Morgan fingerprint density at radius 2 is 1.78 bits per heavy atom. The lowest BCUT2D eigenvalue weighted by molar-refractivity contribution is -0.122. The van der Waals surface area contributed by atoms with Gasteiger partial charge in [0.2, 0.25) is 5.82 Å². The molecule has 0 fully saturated rings. The number of fused-ring (bicyclic) bond motifs is 1. The molecule has 0 bridgehead atoms. The number of hydrogen-bond donors (Lipinski definition) is 1. The molecule has 1 atom stereocenters. The van der Waals surface area contributed by atoms with Crippen LogP contribution < -0.4 is 14.8 Å². The summed E-state index contributed by atoms with van der Waals surface area (Å²) in [6.45, 7) is 4.22. The summed E-state index contributed by atoms with van der Waals surface area (Å²) in [5, 5.41) is 16.1. The van der Waals surface area contributed by atoms with Gasteiger partial charge in [-0.25, -0.2) is 0 Å². The average molecular weight is 481 g/mol. The van der Waals surface area contributed by atoms with Crippen LogP contribution in [0.2, 0.25) is 0 Å². The highest BCUT2D eigenvalue weighted by Crippen LogP contribution is 2.24. The fourth-order valence-corrected chi connectivity index (χ4v) is 3.64. The van der Waals surface area contributed by atoms with E-state index in [1.165, 1.54) is 0 Å². The Bertz CT molecular complexity index is 1480. The highest BCUT2D eigenvalue weighted by Gasteiger charge is 2.16. The van der Waals surface area contributed by atoms with Crippen molar-refractivity contribution in [3.63, 3.8) is 0 Å². The number of hydrogen-bond acceptors (Lipinski definition) is 7. The second-order valence-electron chi connectivity index (χ2n) is 7.96. The summed E-state index contributed by atoms with van der Waals surface area (Å²) in [6, 6.07) is 24.0. The van der Waals surface area contributed by atoms with Gasteiger partial charge in [0, 0.05) is 17.4 Å². The van der Waals surface area contributed by atoms with Crippen LogP contribution in [-0.4, -0.2) is 43.4 Å². The van der Waals surface area contributed by atoms with Crippen LogP contribution in [-0.2, 0) is 4.79 Å². The molecule has 3 aromatic heterocycles. The topological polar surface area (TPSA) is 104 Å². The number of pyridine rings is 1. The molecule has 5 rings (SSSR count). The van der Waals surface area contributed by atoms with E-state index in [1.54, 1.807) is 29.8 Å². The summed E-state index contributed by atoms with van der Waals surface area (Å²) >= 11 is 0. The predicted octanol–water partition coefficient (Wildman–Crippen LogP) is 4.66. The smallest absolute Gasteiger partial charge is 0.265 e. The molecule has 0 spiro atoms. The van der Waals surface area contributed by atoms with Gasteiger partial charge in [-0.15, -0.1) is 10.2 Å². The maximum atomic E-state index is 12.8. The third kappa shape index (κ3) is 5.00. The van der Waals surface area contributed by atoms with E-state index in [9.17, 15) is 4.79 Å². The second kappa shape index (κ2) is 10.2. The number of carbonyl (C=O) groups excluding carboxylic acids is 1. The number of amides is 1. The van der Waals surface area contributed by atoms with Gasteiger partial charge < -0.3 is 14.8 Å². The highest BCUT2D eigenvalue weighted by molar-refractivity contribution is 5.94. The van der Waals surface area contributed by atoms with E-state index < -0.39 is 6.10 Å². The second-order valence-corrected chi connectivity index (χ2v) is 7.96. The van der Waals surface area contributed by atoms with Crippen molar-refractivity contribution in [2.24, 2.45) is 0 Å². The monoisotopic (exact) mass is 480 g/mol. The van der Waals surface area contributed by atoms with E-state index in [1.807, 2.05) is 73.7 Å². The summed E-state index contributed by atoms with van der Waals surface area (Å²) in [5.41, 5.74) is 3.46. The quantitative estimate of drug-likeness (QED) is 0.345. The third-order valence-corrected chi connectivity index (χ3v) is 5.40. The van der Waals surface area contributed by atoms with E-state index in [2.05, 4.69) is 20.5 Å². The minimum absolute atomic E-state index is 0.263. The lowest BCUT2D eigenvalue weighted by Gasteiger charge is -2.15. The van der Waals surface area contributed by atoms with Gasteiger partial charge >= 0.3 is 0 Å². The van der Waals surface area contributed by atoms with Gasteiger partial charge in [0.1, 0.15) is 17.2 Å². The van der Waals surface area contributed by atoms with Gasteiger partial charge in [-0.3, -0.25) is 9.78 Å². The van der Waals surface area contributed by atoms with Crippen molar-refractivity contribution < 1.29 is 14.3 Å². The first kappa shape index (κ1) is 23.0. The Kier molecular flexibility index (Phi) is 6.53. The van der Waals surface area contributed by atoms with Gasteiger partial charge in [0.15, 0.2) is 11.8 Å². The number of ether oxygens (including phenoxy) is 2. The maximum absolute atomic E-state index is 12.8. The van der Waals surface area contributed by atoms with Crippen molar-refractivity contribution in [1.82, 2.24) is 24.8 Å². The molecule has 2 aromatic carbocycles. The van der Waals surface area contributed by atoms with Crippen LogP contribution in [0.25, 0.3) is 28.4 Å². The largest absolute Gasteiger partial charge is 0.494 e. The maximum Gasteiger partial charge on any atom is 0.265 e. The van der Waals surface area contributed by atoms with Gasteiger partial charge in [0.05, 0.1) is 12.3 Å². The molecule has 5 aromatic rings. The lowest BCUT2D eigenvalue weighted by Crippen LogP contribution is -2.30. The summed E-state index contributed by atoms with van der Waals surface area (Å²) < 4.78 is 12.9. The molecule has 0 radical (unpaired) electrons. The molecule has 3 heterocycles. The van der Waals surface area contributed by atoms with Gasteiger partial charge in [-0.1, -0.05) is 18.2 Å². The summed E-state index contributed by atoms with van der Waals surface area (Å²) in [5.74, 6) is 1.63. The number of benzene rings is 2. The number of aromatic nitrogens is 5. The first-order chi connectivity index (χ1) is 17.6. The van der Waals surface area contributed by atoms with Crippen LogP contribution in [0.1, 0.15) is 13.8 Å². The van der Waals surface area contributed by atoms with E-state index in [0.717, 1.165) is 11.3 Å². The molecule has 180 valence electrons. The molecular weight excluding hydrogens is 456 g/mol. The number of anilines is 1. The van der Waals surface area contributed by atoms with Crippen LogP contribution in [0.4, 0.5) is 5.69 Å². The zero-order chi connectivity index (χ0) is 24.9. The van der Waals surface area contributed by atoms with E-state index in [4.69, 9.17) is 14.6 Å². The van der Waals surface area contributed by atoms with Crippen molar-refractivity contribution >= 4 is 17.2 Å². The first-order valence-electron chi connectivity index (χ1n) is 11.6. The fourth-order valence-electron chi connectivity index (χ4n) is 3.64. The van der Waals surface area contributed by atoms with Crippen LogP contribution >= 0.6 is 0 Å². The van der Waals surface area contributed by atoms with Crippen molar-refractivity contribution in [3.05, 3.63) is 85.1 Å². The molecule has 1 unspecified atom stereocenters. The van der Waals surface area contributed by atoms with E-state index in [-0.39, 0.29) is 5.91 Å². The zero-order valence-electron chi connectivity index (χ0n) is 19.8. The van der Waals surface area contributed by atoms with Crippen LogP contribution in [0.15, 0.2) is 85.1 Å². The van der Waals surface area contributed by atoms with Crippen molar-refractivity contribution in [1.29, 1.82) is 0 Å². The van der Waals surface area contributed by atoms with Crippen LogP contribution in [0.5, 0.6) is 11.5 Å². The molecule has 0 aliphatic rings. The Labute approximate surface area is 207 Å². The Balaban J connectivity index is 1.32. The lowest BCUT2D eigenvalue weighted by atomic mass is 10.1. The molecule has 0 saturated heterocycles. The Morgan fingerprint density at radius 3 is 2.56 bits per heavy atom. The third-order valence-electron chi connectivity index (χ3n) is 5.40. The van der Waals surface area contributed by atoms with Gasteiger partial charge in [-0.2, -0.15) is 9.61 Å². The standard InChI is InChI=1S/C27H24N6O3/c1-3-35-21-10-12-22(13-11-21)36-18(2)27(34)29-20-8-6-7-19(17-20)23-14-15-25-30-31-26(33(25)32-23)24-9-4-5-16-28-24/h4-18H,3H2,1-2H3,(H,29,34). The zero-order valence-corrected chi connectivity index (χ0v) is 19.8.